The monoisotopic (exact) mass is 417 g/mol. The zero-order valence-electron chi connectivity index (χ0n) is 16.5. The maximum absolute atomic E-state index is 12.4. The Balaban J connectivity index is 1.61. The molecule has 0 aromatic heterocycles. The highest BCUT2D eigenvalue weighted by Gasteiger charge is 2.30. The fraction of sp³-hybridized carbons (Fsp3) is 0.300. The number of benzene rings is 2. The molecule has 1 heterocycles. The lowest BCUT2D eigenvalue weighted by Crippen LogP contribution is -2.27. The molecule has 8 nitrogen and oxygen atoms in total. The number of amides is 1. The Morgan fingerprint density at radius 1 is 1.10 bits per heavy atom. The van der Waals surface area contributed by atoms with Crippen LogP contribution in [0.5, 0.6) is 11.5 Å². The smallest absolute Gasteiger partial charge is 0.263 e. The molecule has 0 saturated carbocycles. The quantitative estimate of drug-likeness (QED) is 0.741. The van der Waals surface area contributed by atoms with Crippen LogP contribution in [0.4, 0.5) is 0 Å². The first-order valence-electron chi connectivity index (χ1n) is 8.97. The van der Waals surface area contributed by atoms with E-state index in [1.807, 2.05) is 12.1 Å². The van der Waals surface area contributed by atoms with Gasteiger partial charge in [0.05, 0.1) is 25.7 Å². The standard InChI is InChI=1S/C20H23N3O5S/c1-23(13-14-8-9-16(27-2)17(12-14)28-3)19(24)10-11-21-20-15-6-4-5-7-18(15)29(25,26)22-20/h4-9,12H,10-11,13H2,1-3H3,(H,21,22). The van der Waals surface area contributed by atoms with E-state index in [2.05, 4.69) is 9.71 Å². The van der Waals surface area contributed by atoms with Crippen LogP contribution in [0.1, 0.15) is 17.5 Å². The molecule has 1 aliphatic rings. The summed E-state index contributed by atoms with van der Waals surface area (Å²) >= 11 is 0. The summed E-state index contributed by atoms with van der Waals surface area (Å²) in [5, 5.41) is 0. The lowest BCUT2D eigenvalue weighted by Gasteiger charge is -2.18. The molecule has 1 aliphatic heterocycles. The fourth-order valence-corrected chi connectivity index (χ4v) is 4.30. The third-order valence-electron chi connectivity index (χ3n) is 4.55. The number of ether oxygens (including phenoxy) is 2. The number of nitrogens with one attached hydrogen (secondary N) is 1. The van der Waals surface area contributed by atoms with Gasteiger partial charge >= 0.3 is 0 Å². The number of sulfonamides is 1. The van der Waals surface area contributed by atoms with Crippen molar-refractivity contribution in [1.82, 2.24) is 9.62 Å². The van der Waals surface area contributed by atoms with Gasteiger partial charge in [-0.3, -0.25) is 14.5 Å². The number of hydrogen-bond donors (Lipinski definition) is 1. The number of hydrogen-bond acceptors (Lipinski definition) is 6. The molecule has 0 unspecified atom stereocenters. The molecule has 2 aromatic rings. The van der Waals surface area contributed by atoms with E-state index < -0.39 is 10.0 Å². The van der Waals surface area contributed by atoms with E-state index in [4.69, 9.17) is 9.47 Å². The largest absolute Gasteiger partial charge is 0.493 e. The van der Waals surface area contributed by atoms with Crippen LogP contribution < -0.4 is 14.2 Å². The van der Waals surface area contributed by atoms with Crippen LogP contribution in [-0.2, 0) is 21.4 Å². The van der Waals surface area contributed by atoms with Gasteiger partial charge in [-0.2, -0.15) is 0 Å². The van der Waals surface area contributed by atoms with E-state index in [0.717, 1.165) is 5.56 Å². The van der Waals surface area contributed by atoms with Crippen LogP contribution in [0.25, 0.3) is 0 Å². The van der Waals surface area contributed by atoms with Gasteiger partial charge in [0.25, 0.3) is 10.0 Å². The molecule has 9 heteroatoms. The Hall–Kier alpha value is -3.07. The van der Waals surface area contributed by atoms with Crippen molar-refractivity contribution in [2.75, 3.05) is 27.8 Å². The SMILES string of the molecule is COc1ccc(CN(C)C(=O)CCN=C2NS(=O)(=O)c3ccccc32)cc1OC. The van der Waals surface area contributed by atoms with Gasteiger partial charge in [0.15, 0.2) is 11.5 Å². The van der Waals surface area contributed by atoms with Crippen LogP contribution in [0, 0.1) is 0 Å². The third kappa shape index (κ3) is 4.51. The fourth-order valence-electron chi connectivity index (χ4n) is 3.05. The molecule has 1 N–H and O–H groups in total. The Morgan fingerprint density at radius 3 is 2.55 bits per heavy atom. The van der Waals surface area contributed by atoms with E-state index in [9.17, 15) is 13.2 Å². The summed E-state index contributed by atoms with van der Waals surface area (Å²) in [6, 6.07) is 12.1. The van der Waals surface area contributed by atoms with E-state index in [-0.39, 0.29) is 29.6 Å². The summed E-state index contributed by atoms with van der Waals surface area (Å²) in [5.41, 5.74) is 1.43. The van der Waals surface area contributed by atoms with E-state index in [0.29, 0.717) is 23.6 Å². The van der Waals surface area contributed by atoms with E-state index in [1.165, 1.54) is 6.07 Å². The number of amidine groups is 1. The van der Waals surface area contributed by atoms with Crippen molar-refractivity contribution in [3.8, 4) is 11.5 Å². The molecule has 0 radical (unpaired) electrons. The summed E-state index contributed by atoms with van der Waals surface area (Å²) < 4.78 is 37.1. The Labute approximate surface area is 170 Å². The van der Waals surface area contributed by atoms with Gasteiger partial charge in [-0.15, -0.1) is 0 Å². The number of rotatable bonds is 7. The van der Waals surface area contributed by atoms with Crippen LogP contribution in [-0.4, -0.2) is 52.9 Å². The molecule has 3 rings (SSSR count). The molecule has 0 saturated heterocycles. The maximum atomic E-state index is 12.4. The van der Waals surface area contributed by atoms with Crippen molar-refractivity contribution in [2.24, 2.45) is 4.99 Å². The molecule has 29 heavy (non-hydrogen) atoms. The molecule has 1 amide bonds. The number of carbonyl (C=O) groups excluding carboxylic acids is 1. The summed E-state index contributed by atoms with van der Waals surface area (Å²) in [6.07, 6.45) is 0.164. The predicted octanol–water partition coefficient (Wildman–Crippen LogP) is 1.79. The van der Waals surface area contributed by atoms with Gasteiger partial charge in [-0.05, 0) is 29.8 Å². The number of methoxy groups -OCH3 is 2. The molecule has 0 fully saturated rings. The summed E-state index contributed by atoms with van der Waals surface area (Å²) in [6.45, 7) is 0.590. The minimum Gasteiger partial charge on any atom is -0.493 e. The van der Waals surface area contributed by atoms with E-state index in [1.54, 1.807) is 50.4 Å². The van der Waals surface area contributed by atoms with Gasteiger partial charge in [-0.25, -0.2) is 8.42 Å². The van der Waals surface area contributed by atoms with Crippen LogP contribution in [0.3, 0.4) is 0 Å². The average Bonchev–Trinajstić information content (AvgIpc) is 2.98. The summed E-state index contributed by atoms with van der Waals surface area (Å²) in [7, 11) is 1.26. The number of aliphatic imine (C=N–C) groups is 1. The predicted molar refractivity (Wildman–Crippen MR) is 109 cm³/mol. The van der Waals surface area contributed by atoms with Crippen molar-refractivity contribution in [1.29, 1.82) is 0 Å². The molecular formula is C20H23N3O5S. The molecule has 0 atom stereocenters. The molecule has 154 valence electrons. The Morgan fingerprint density at radius 2 is 1.83 bits per heavy atom. The third-order valence-corrected chi connectivity index (χ3v) is 5.95. The normalized spacial score (nSPS) is 15.5. The van der Waals surface area contributed by atoms with Crippen molar-refractivity contribution < 1.29 is 22.7 Å². The lowest BCUT2D eigenvalue weighted by atomic mass is 10.2. The van der Waals surface area contributed by atoms with Crippen LogP contribution in [0.2, 0.25) is 0 Å². The number of fused-ring (bicyclic) bond motifs is 1. The van der Waals surface area contributed by atoms with Crippen molar-refractivity contribution in [2.45, 2.75) is 17.9 Å². The topological polar surface area (TPSA) is 97.3 Å². The zero-order chi connectivity index (χ0) is 21.0. The Kier molecular flexibility index (Phi) is 6.07. The zero-order valence-corrected chi connectivity index (χ0v) is 17.3. The number of carbonyl (C=O) groups is 1. The first kappa shape index (κ1) is 20.7. The molecular weight excluding hydrogens is 394 g/mol. The molecule has 0 aliphatic carbocycles. The van der Waals surface area contributed by atoms with Gasteiger partial charge < -0.3 is 14.4 Å². The van der Waals surface area contributed by atoms with Crippen LogP contribution in [0.15, 0.2) is 52.4 Å². The van der Waals surface area contributed by atoms with Crippen LogP contribution >= 0.6 is 0 Å². The maximum Gasteiger partial charge on any atom is 0.263 e. The first-order valence-corrected chi connectivity index (χ1v) is 10.5. The van der Waals surface area contributed by atoms with Gasteiger partial charge in [-0.1, -0.05) is 18.2 Å². The second kappa shape index (κ2) is 8.52. The minimum absolute atomic E-state index is 0.0988. The summed E-state index contributed by atoms with van der Waals surface area (Å²) in [4.78, 5) is 18.5. The molecule has 0 spiro atoms. The van der Waals surface area contributed by atoms with Gasteiger partial charge in [0.1, 0.15) is 5.84 Å². The molecule has 2 aromatic carbocycles. The second-order valence-electron chi connectivity index (χ2n) is 6.52. The molecule has 0 bridgehead atoms. The van der Waals surface area contributed by atoms with Gasteiger partial charge in [0, 0.05) is 25.6 Å². The lowest BCUT2D eigenvalue weighted by molar-refractivity contribution is -0.130. The summed E-state index contributed by atoms with van der Waals surface area (Å²) in [5.74, 6) is 1.40. The average molecular weight is 417 g/mol. The van der Waals surface area contributed by atoms with Crippen molar-refractivity contribution in [3.05, 3.63) is 53.6 Å². The number of nitrogens with zero attached hydrogens (tertiary/aromatic N) is 2. The minimum atomic E-state index is -3.57. The van der Waals surface area contributed by atoms with Crippen molar-refractivity contribution >= 4 is 21.8 Å². The highest BCUT2D eigenvalue weighted by Crippen LogP contribution is 2.28. The first-order chi connectivity index (χ1) is 13.9. The Bertz CT molecular complexity index is 1050. The van der Waals surface area contributed by atoms with Crippen molar-refractivity contribution in [3.63, 3.8) is 0 Å². The second-order valence-corrected chi connectivity index (χ2v) is 8.17. The van der Waals surface area contributed by atoms with Gasteiger partial charge in [0.2, 0.25) is 5.91 Å². The highest BCUT2D eigenvalue weighted by atomic mass is 32.2. The van der Waals surface area contributed by atoms with E-state index >= 15 is 0 Å². The highest BCUT2D eigenvalue weighted by molar-refractivity contribution is 7.90.